The SMILES string of the molecule is CC(=O)NSC1(C(N)CCC(N)=O)CCCCO1. The molecule has 0 saturated carbocycles. The van der Waals surface area contributed by atoms with Gasteiger partial charge in [0.1, 0.15) is 4.93 Å². The standard InChI is InChI=1S/C11H21N3O3S/c1-8(15)14-18-11(6-2-3-7-17-11)9(12)4-5-10(13)16/h9H,2-7,12H2,1H3,(H2,13,16)(H,14,15). The van der Waals surface area contributed by atoms with Crippen LogP contribution in [0.25, 0.3) is 0 Å². The van der Waals surface area contributed by atoms with Crippen LogP contribution in [0.3, 0.4) is 0 Å². The van der Waals surface area contributed by atoms with Crippen molar-refractivity contribution < 1.29 is 14.3 Å². The minimum atomic E-state index is -0.640. The molecule has 1 rings (SSSR count). The van der Waals surface area contributed by atoms with Crippen LogP contribution in [0.2, 0.25) is 0 Å². The summed E-state index contributed by atoms with van der Waals surface area (Å²) in [6.45, 7) is 2.06. The first kappa shape index (κ1) is 15.3. The molecule has 1 heterocycles. The molecule has 0 bridgehead atoms. The molecule has 6 nitrogen and oxygen atoms in total. The molecule has 1 aliphatic heterocycles. The third-order valence-electron chi connectivity index (χ3n) is 2.90. The van der Waals surface area contributed by atoms with Gasteiger partial charge in [-0.2, -0.15) is 0 Å². The van der Waals surface area contributed by atoms with Gasteiger partial charge in [-0.3, -0.25) is 14.3 Å². The third kappa shape index (κ3) is 4.47. The normalized spacial score (nSPS) is 25.4. The van der Waals surface area contributed by atoms with Crippen molar-refractivity contribution >= 4 is 23.8 Å². The van der Waals surface area contributed by atoms with E-state index in [1.807, 2.05) is 0 Å². The summed E-state index contributed by atoms with van der Waals surface area (Å²) < 4.78 is 8.46. The summed E-state index contributed by atoms with van der Waals surface area (Å²) >= 11 is 1.21. The van der Waals surface area contributed by atoms with Crippen LogP contribution in [-0.4, -0.2) is 29.4 Å². The van der Waals surface area contributed by atoms with Crippen LogP contribution >= 0.6 is 11.9 Å². The molecule has 2 amide bonds. The first-order chi connectivity index (χ1) is 8.46. The maximum absolute atomic E-state index is 11.0. The topological polar surface area (TPSA) is 107 Å². The van der Waals surface area contributed by atoms with Crippen LogP contribution in [0.4, 0.5) is 0 Å². The van der Waals surface area contributed by atoms with Gasteiger partial charge in [0.2, 0.25) is 11.8 Å². The highest BCUT2D eigenvalue weighted by atomic mass is 32.2. The van der Waals surface area contributed by atoms with Crippen molar-refractivity contribution in [3.05, 3.63) is 0 Å². The molecule has 1 saturated heterocycles. The Kier molecular flexibility index (Phi) is 5.90. The van der Waals surface area contributed by atoms with Crippen LogP contribution in [0.1, 0.15) is 39.0 Å². The fraction of sp³-hybridized carbons (Fsp3) is 0.818. The second kappa shape index (κ2) is 6.96. The summed E-state index contributed by atoms with van der Waals surface area (Å²) in [7, 11) is 0. The number of ether oxygens (including phenoxy) is 1. The van der Waals surface area contributed by atoms with E-state index in [1.165, 1.54) is 18.9 Å². The molecule has 0 aliphatic carbocycles. The average molecular weight is 275 g/mol. The van der Waals surface area contributed by atoms with E-state index in [1.54, 1.807) is 0 Å². The van der Waals surface area contributed by atoms with Gasteiger partial charge in [0.25, 0.3) is 0 Å². The van der Waals surface area contributed by atoms with Crippen molar-refractivity contribution in [2.24, 2.45) is 11.5 Å². The summed E-state index contributed by atoms with van der Waals surface area (Å²) in [6, 6.07) is -0.331. The Morgan fingerprint density at radius 1 is 1.50 bits per heavy atom. The molecule has 0 spiro atoms. The zero-order valence-corrected chi connectivity index (χ0v) is 11.4. The van der Waals surface area contributed by atoms with Crippen molar-refractivity contribution in [2.75, 3.05) is 6.61 Å². The Morgan fingerprint density at radius 2 is 2.22 bits per heavy atom. The van der Waals surface area contributed by atoms with E-state index in [2.05, 4.69) is 4.72 Å². The molecule has 2 unspecified atom stereocenters. The number of amides is 2. The smallest absolute Gasteiger partial charge is 0.226 e. The summed E-state index contributed by atoms with van der Waals surface area (Å²) in [6.07, 6.45) is 3.44. The molecular formula is C11H21N3O3S. The summed E-state index contributed by atoms with van der Waals surface area (Å²) in [5.41, 5.74) is 11.2. The van der Waals surface area contributed by atoms with E-state index in [9.17, 15) is 9.59 Å². The first-order valence-corrected chi connectivity index (χ1v) is 6.90. The van der Waals surface area contributed by atoms with E-state index in [0.717, 1.165) is 19.3 Å². The van der Waals surface area contributed by atoms with E-state index >= 15 is 0 Å². The van der Waals surface area contributed by atoms with E-state index in [4.69, 9.17) is 16.2 Å². The Balaban J connectivity index is 2.62. The van der Waals surface area contributed by atoms with Crippen LogP contribution in [0.5, 0.6) is 0 Å². The van der Waals surface area contributed by atoms with Crippen molar-refractivity contribution in [3.8, 4) is 0 Å². The average Bonchev–Trinajstić information content (AvgIpc) is 2.34. The molecule has 5 N–H and O–H groups in total. The largest absolute Gasteiger partial charge is 0.370 e. The van der Waals surface area contributed by atoms with Crippen LogP contribution in [0.15, 0.2) is 0 Å². The Morgan fingerprint density at radius 3 is 2.72 bits per heavy atom. The number of rotatable bonds is 6. The minimum absolute atomic E-state index is 0.143. The van der Waals surface area contributed by atoms with Gasteiger partial charge in [-0.15, -0.1) is 0 Å². The minimum Gasteiger partial charge on any atom is -0.370 e. The van der Waals surface area contributed by atoms with Gasteiger partial charge in [0.15, 0.2) is 0 Å². The maximum Gasteiger partial charge on any atom is 0.226 e. The van der Waals surface area contributed by atoms with E-state index < -0.39 is 4.93 Å². The molecule has 0 aromatic rings. The predicted molar refractivity (Wildman–Crippen MR) is 70.3 cm³/mol. The lowest BCUT2D eigenvalue weighted by Gasteiger charge is -2.40. The highest BCUT2D eigenvalue weighted by Gasteiger charge is 2.40. The van der Waals surface area contributed by atoms with Gasteiger partial charge in [-0.25, -0.2) is 0 Å². The molecule has 0 aromatic carbocycles. The Labute approximate surface area is 111 Å². The van der Waals surface area contributed by atoms with Gasteiger partial charge in [0.05, 0.1) is 0 Å². The van der Waals surface area contributed by atoms with Gasteiger partial charge >= 0.3 is 0 Å². The highest BCUT2D eigenvalue weighted by Crippen LogP contribution is 2.37. The van der Waals surface area contributed by atoms with Crippen LogP contribution in [0, 0.1) is 0 Å². The van der Waals surface area contributed by atoms with Gasteiger partial charge in [-0.1, -0.05) is 0 Å². The fourth-order valence-corrected chi connectivity index (χ4v) is 2.89. The number of hydrogen-bond donors (Lipinski definition) is 3. The van der Waals surface area contributed by atoms with Gasteiger partial charge < -0.3 is 16.2 Å². The number of nitrogens with two attached hydrogens (primary N) is 2. The maximum atomic E-state index is 11.0. The highest BCUT2D eigenvalue weighted by molar-refractivity contribution is 7.99. The third-order valence-corrected chi connectivity index (χ3v) is 4.26. The van der Waals surface area contributed by atoms with Crippen LogP contribution in [-0.2, 0) is 14.3 Å². The summed E-state index contributed by atoms with van der Waals surface area (Å²) in [5.74, 6) is -0.517. The molecule has 0 aromatic heterocycles. The molecule has 0 radical (unpaired) electrons. The summed E-state index contributed by atoms with van der Waals surface area (Å²) in [4.78, 5) is 21.2. The second-order valence-electron chi connectivity index (χ2n) is 4.49. The quantitative estimate of drug-likeness (QED) is 0.603. The number of hydrogen-bond acceptors (Lipinski definition) is 5. The predicted octanol–water partition coefficient (Wildman–Crippen LogP) is 0.260. The zero-order valence-electron chi connectivity index (χ0n) is 10.6. The lowest BCUT2D eigenvalue weighted by Crippen LogP contribution is -2.51. The molecular weight excluding hydrogens is 254 g/mol. The van der Waals surface area contributed by atoms with E-state index in [-0.39, 0.29) is 24.3 Å². The monoisotopic (exact) mass is 275 g/mol. The lowest BCUT2D eigenvalue weighted by atomic mass is 9.98. The Hall–Kier alpha value is -0.790. The van der Waals surface area contributed by atoms with Crippen molar-refractivity contribution in [3.63, 3.8) is 0 Å². The van der Waals surface area contributed by atoms with Crippen molar-refractivity contribution in [2.45, 2.75) is 50.0 Å². The Bertz CT molecular complexity index is 306. The number of carbonyl (C=O) groups excluding carboxylic acids is 2. The fourth-order valence-electron chi connectivity index (χ4n) is 1.92. The van der Waals surface area contributed by atoms with E-state index in [0.29, 0.717) is 13.0 Å². The van der Waals surface area contributed by atoms with Crippen LogP contribution < -0.4 is 16.2 Å². The number of nitrogens with one attached hydrogen (secondary N) is 1. The van der Waals surface area contributed by atoms with Crippen molar-refractivity contribution in [1.82, 2.24) is 4.72 Å². The lowest BCUT2D eigenvalue weighted by molar-refractivity contribution is -0.119. The number of carbonyl (C=O) groups is 2. The molecule has 104 valence electrons. The number of primary amides is 1. The first-order valence-electron chi connectivity index (χ1n) is 6.09. The van der Waals surface area contributed by atoms with Gasteiger partial charge in [-0.05, 0) is 37.6 Å². The zero-order chi connectivity index (χ0) is 13.6. The van der Waals surface area contributed by atoms with Gasteiger partial charge in [0, 0.05) is 26.0 Å². The molecule has 7 heteroatoms. The molecule has 1 aliphatic rings. The van der Waals surface area contributed by atoms with Crippen molar-refractivity contribution in [1.29, 1.82) is 0 Å². The summed E-state index contributed by atoms with van der Waals surface area (Å²) in [5, 5.41) is 0. The molecule has 1 fully saturated rings. The molecule has 2 atom stereocenters. The molecule has 18 heavy (non-hydrogen) atoms. The second-order valence-corrected chi connectivity index (χ2v) is 5.59.